The van der Waals surface area contributed by atoms with Crippen LogP contribution in [0.5, 0.6) is 5.75 Å². The van der Waals surface area contributed by atoms with Gasteiger partial charge in [-0.3, -0.25) is 9.10 Å². The number of nitrogens with zero attached hydrogens (tertiary/aromatic N) is 1. The number of benzene rings is 2. The monoisotopic (exact) mass is 511 g/mol. The quantitative estimate of drug-likeness (QED) is 0.501. The van der Waals surface area contributed by atoms with Crippen molar-refractivity contribution >= 4 is 39.1 Å². The Morgan fingerprint density at radius 2 is 1.85 bits per heavy atom. The molecule has 1 heterocycles. The lowest BCUT2D eigenvalue weighted by Crippen LogP contribution is -2.44. The van der Waals surface area contributed by atoms with Gasteiger partial charge < -0.3 is 14.3 Å². The number of ether oxygens (including phenoxy) is 2. The predicted molar refractivity (Wildman–Crippen MR) is 126 cm³/mol. The van der Waals surface area contributed by atoms with Crippen LogP contribution >= 0.6 is 11.6 Å². The highest BCUT2D eigenvalue weighted by Crippen LogP contribution is 2.43. The summed E-state index contributed by atoms with van der Waals surface area (Å²) in [6.45, 7) is 6.61. The Bertz CT molecular complexity index is 1190. The number of Topliss-reactive ketones (excluding diaryl/α,β-unsaturated/α-hetero) is 1. The Morgan fingerprint density at radius 3 is 2.44 bits per heavy atom. The molecular formula is C24H27ClFNO6S. The van der Waals surface area contributed by atoms with Crippen molar-refractivity contribution in [2.75, 3.05) is 10.8 Å². The molecule has 10 heteroatoms. The van der Waals surface area contributed by atoms with Gasteiger partial charge in [0.05, 0.1) is 28.6 Å². The minimum atomic E-state index is -4.13. The molecule has 0 bridgehead atoms. The fourth-order valence-corrected chi connectivity index (χ4v) is 5.32. The van der Waals surface area contributed by atoms with Crippen molar-refractivity contribution in [1.82, 2.24) is 0 Å². The summed E-state index contributed by atoms with van der Waals surface area (Å²) >= 11 is 6.46. The smallest absolute Gasteiger partial charge is 0.310 e. The second-order valence-corrected chi connectivity index (χ2v) is 11.4. The van der Waals surface area contributed by atoms with Crippen LogP contribution < -0.4 is 9.04 Å². The number of ketones is 1. The van der Waals surface area contributed by atoms with Crippen molar-refractivity contribution in [3.05, 3.63) is 52.8 Å². The Morgan fingerprint density at radius 1 is 1.21 bits per heavy atom. The molecule has 0 amide bonds. The molecular weight excluding hydrogens is 485 g/mol. The molecule has 0 aromatic heterocycles. The fourth-order valence-electron chi connectivity index (χ4n) is 3.54. The van der Waals surface area contributed by atoms with Crippen LogP contribution in [-0.4, -0.2) is 38.4 Å². The van der Waals surface area contributed by atoms with E-state index < -0.39 is 33.5 Å². The summed E-state index contributed by atoms with van der Waals surface area (Å²) in [7, 11) is -4.13. The van der Waals surface area contributed by atoms with E-state index in [1.54, 1.807) is 20.8 Å². The van der Waals surface area contributed by atoms with Crippen LogP contribution in [0.25, 0.3) is 0 Å². The molecule has 0 saturated heterocycles. The summed E-state index contributed by atoms with van der Waals surface area (Å²) in [5.41, 5.74) is -0.0716. The van der Waals surface area contributed by atoms with Gasteiger partial charge in [-0.25, -0.2) is 12.8 Å². The average Bonchev–Trinajstić information content (AvgIpc) is 2.71. The average molecular weight is 512 g/mol. The minimum absolute atomic E-state index is 0.0545. The summed E-state index contributed by atoms with van der Waals surface area (Å²) < 4.78 is 52.9. The lowest BCUT2D eigenvalue weighted by molar-refractivity contribution is -0.153. The van der Waals surface area contributed by atoms with Crippen LogP contribution in [0.1, 0.15) is 46.1 Å². The van der Waals surface area contributed by atoms with E-state index in [1.807, 2.05) is 0 Å². The van der Waals surface area contributed by atoms with Crippen molar-refractivity contribution in [2.24, 2.45) is 0 Å². The van der Waals surface area contributed by atoms with E-state index in [-0.39, 0.29) is 46.5 Å². The topological polar surface area (TPSA) is 90.0 Å². The number of anilines is 1. The molecule has 3 rings (SSSR count). The number of carbonyl (C=O) groups is 2. The van der Waals surface area contributed by atoms with E-state index in [0.29, 0.717) is 12.0 Å². The molecule has 0 fully saturated rings. The van der Waals surface area contributed by atoms with Gasteiger partial charge in [-0.05, 0) is 76.1 Å². The third kappa shape index (κ3) is 6.27. The largest absolute Gasteiger partial charge is 0.485 e. The van der Waals surface area contributed by atoms with E-state index in [2.05, 4.69) is 0 Å². The molecule has 0 aliphatic carbocycles. The van der Waals surface area contributed by atoms with Gasteiger partial charge in [0.2, 0.25) is 0 Å². The summed E-state index contributed by atoms with van der Waals surface area (Å²) in [5.74, 6) is -0.975. The Labute approximate surface area is 203 Å². The maximum Gasteiger partial charge on any atom is 0.310 e. The van der Waals surface area contributed by atoms with E-state index in [1.165, 1.54) is 31.2 Å². The molecule has 0 radical (unpaired) electrons. The van der Waals surface area contributed by atoms with Crippen LogP contribution in [-0.2, 0) is 30.8 Å². The van der Waals surface area contributed by atoms with E-state index in [4.69, 9.17) is 21.1 Å². The second-order valence-electron chi connectivity index (χ2n) is 9.16. The highest BCUT2D eigenvalue weighted by molar-refractivity contribution is 7.92. The number of esters is 1. The summed E-state index contributed by atoms with van der Waals surface area (Å²) in [5, 5.41) is 0.128. The molecule has 0 saturated carbocycles. The number of hydrogen-bond acceptors (Lipinski definition) is 6. The lowest BCUT2D eigenvalue weighted by atomic mass is 10.1. The van der Waals surface area contributed by atoms with Gasteiger partial charge in [0.15, 0.2) is 5.75 Å². The maximum absolute atomic E-state index is 13.5. The first-order valence-electron chi connectivity index (χ1n) is 10.7. The molecule has 0 N–H and O–H groups in total. The van der Waals surface area contributed by atoms with E-state index in [9.17, 15) is 22.4 Å². The third-order valence-electron chi connectivity index (χ3n) is 4.99. The number of rotatable bonds is 7. The minimum Gasteiger partial charge on any atom is -0.485 e. The molecule has 1 aliphatic heterocycles. The standard InChI is InChI=1S/C24H27ClFNO6S/c1-15(28)5-8-18-14-27(34(30,31)19-9-6-17(26)7-10-19)21-12-16(11-20(25)23(21)32-18)13-22(29)33-24(2,3)4/h6-7,9-12,18H,5,8,13-14H2,1-4H3/t18-/m0/s1. The zero-order valence-electron chi connectivity index (χ0n) is 19.4. The molecule has 0 spiro atoms. The van der Waals surface area contributed by atoms with Crippen molar-refractivity contribution in [3.63, 3.8) is 0 Å². The maximum atomic E-state index is 13.5. The lowest BCUT2D eigenvalue weighted by Gasteiger charge is -2.36. The zero-order valence-corrected chi connectivity index (χ0v) is 21.0. The van der Waals surface area contributed by atoms with Gasteiger partial charge in [0.25, 0.3) is 10.0 Å². The van der Waals surface area contributed by atoms with Crippen LogP contribution in [0, 0.1) is 5.82 Å². The number of hydrogen-bond donors (Lipinski definition) is 0. The molecule has 34 heavy (non-hydrogen) atoms. The number of fused-ring (bicyclic) bond motifs is 1. The Kier molecular flexibility index (Phi) is 7.57. The molecule has 2 aromatic carbocycles. The van der Waals surface area contributed by atoms with Crippen LogP contribution in [0.15, 0.2) is 41.3 Å². The zero-order chi connectivity index (χ0) is 25.3. The van der Waals surface area contributed by atoms with Gasteiger partial charge in [-0.15, -0.1) is 0 Å². The molecule has 1 aliphatic rings. The number of halogens is 2. The third-order valence-corrected chi connectivity index (χ3v) is 7.07. The van der Waals surface area contributed by atoms with Crippen molar-refractivity contribution in [1.29, 1.82) is 0 Å². The van der Waals surface area contributed by atoms with Gasteiger partial charge in [0, 0.05) is 6.42 Å². The highest BCUT2D eigenvalue weighted by Gasteiger charge is 2.36. The van der Waals surface area contributed by atoms with E-state index >= 15 is 0 Å². The second kappa shape index (κ2) is 9.92. The first-order valence-corrected chi connectivity index (χ1v) is 12.6. The van der Waals surface area contributed by atoms with Gasteiger partial charge in [-0.1, -0.05) is 11.6 Å². The van der Waals surface area contributed by atoms with Gasteiger partial charge in [0.1, 0.15) is 23.3 Å². The summed E-state index contributed by atoms with van der Waals surface area (Å²) in [6.07, 6.45) is -0.248. The Hall–Kier alpha value is -2.65. The summed E-state index contributed by atoms with van der Waals surface area (Å²) in [4.78, 5) is 23.7. The van der Waals surface area contributed by atoms with Crippen molar-refractivity contribution in [2.45, 2.75) is 63.6 Å². The number of carbonyl (C=O) groups excluding carboxylic acids is 2. The summed E-state index contributed by atoms with van der Waals surface area (Å²) in [6, 6.07) is 7.53. The predicted octanol–water partition coefficient (Wildman–Crippen LogP) is 4.69. The molecule has 0 unspecified atom stereocenters. The van der Waals surface area contributed by atoms with Crippen molar-refractivity contribution in [3.8, 4) is 5.75 Å². The normalized spacial score (nSPS) is 15.9. The van der Waals surface area contributed by atoms with Crippen LogP contribution in [0.2, 0.25) is 5.02 Å². The Balaban J connectivity index is 2.04. The fraction of sp³-hybridized carbons (Fsp3) is 0.417. The molecule has 1 atom stereocenters. The van der Waals surface area contributed by atoms with Gasteiger partial charge in [-0.2, -0.15) is 0 Å². The number of sulfonamides is 1. The molecule has 7 nitrogen and oxygen atoms in total. The van der Waals surface area contributed by atoms with Crippen LogP contribution in [0.3, 0.4) is 0 Å². The first kappa shape index (κ1) is 26.0. The van der Waals surface area contributed by atoms with Crippen LogP contribution in [0.4, 0.5) is 10.1 Å². The highest BCUT2D eigenvalue weighted by atomic mass is 35.5. The first-order chi connectivity index (χ1) is 15.8. The molecule has 2 aromatic rings. The molecule has 184 valence electrons. The van der Waals surface area contributed by atoms with Crippen molar-refractivity contribution < 1.29 is 31.9 Å². The van der Waals surface area contributed by atoms with Gasteiger partial charge >= 0.3 is 5.97 Å². The SMILES string of the molecule is CC(=O)CC[C@H]1CN(S(=O)(=O)c2ccc(F)cc2)c2cc(CC(=O)OC(C)(C)C)cc(Cl)c2O1. The van der Waals surface area contributed by atoms with E-state index in [0.717, 1.165) is 16.4 Å².